The maximum absolute atomic E-state index is 12.0. The average Bonchev–Trinajstić information content (AvgIpc) is 2.91. The van der Waals surface area contributed by atoms with Gasteiger partial charge in [-0.25, -0.2) is 4.99 Å². The van der Waals surface area contributed by atoms with E-state index in [9.17, 15) is 13.2 Å². The SMILES string of the molecule is CCNC(=NCc1oc2ccccc2c1C)NCCCOCC(F)(F)F. The number of rotatable bonds is 8. The van der Waals surface area contributed by atoms with Gasteiger partial charge in [0.2, 0.25) is 0 Å². The third-order valence-corrected chi connectivity index (χ3v) is 3.69. The molecule has 0 aliphatic rings. The van der Waals surface area contributed by atoms with Crippen molar-refractivity contribution in [3.63, 3.8) is 0 Å². The Morgan fingerprint density at radius 1 is 1.23 bits per heavy atom. The van der Waals surface area contributed by atoms with Crippen LogP contribution >= 0.6 is 0 Å². The van der Waals surface area contributed by atoms with Crippen LogP contribution in [0, 0.1) is 6.92 Å². The first-order valence-electron chi connectivity index (χ1n) is 8.54. The second kappa shape index (κ2) is 9.47. The molecule has 0 bridgehead atoms. The fraction of sp³-hybridized carbons (Fsp3) is 0.500. The zero-order chi connectivity index (χ0) is 19.0. The Bertz CT molecular complexity index is 726. The average molecular weight is 371 g/mol. The van der Waals surface area contributed by atoms with Crippen molar-refractivity contribution in [3.8, 4) is 0 Å². The van der Waals surface area contributed by atoms with Crippen molar-refractivity contribution in [1.82, 2.24) is 10.6 Å². The molecular weight excluding hydrogens is 347 g/mol. The van der Waals surface area contributed by atoms with E-state index in [0.29, 0.717) is 32.0 Å². The number of furan rings is 1. The van der Waals surface area contributed by atoms with Crippen LogP contribution in [0.1, 0.15) is 24.7 Å². The van der Waals surface area contributed by atoms with Gasteiger partial charge in [-0.2, -0.15) is 13.2 Å². The lowest BCUT2D eigenvalue weighted by molar-refractivity contribution is -0.173. The fourth-order valence-corrected chi connectivity index (χ4v) is 2.44. The standard InChI is InChI=1S/C18H24F3N3O2/c1-3-22-17(23-9-6-10-25-12-18(19,20)21)24-11-16-13(2)14-7-4-5-8-15(14)26-16/h4-5,7-8H,3,6,9-12H2,1-2H3,(H2,22,23,24). The van der Waals surface area contributed by atoms with Crippen LogP contribution in [0.15, 0.2) is 33.7 Å². The van der Waals surface area contributed by atoms with Gasteiger partial charge in [-0.15, -0.1) is 0 Å². The van der Waals surface area contributed by atoms with Crippen molar-refractivity contribution in [2.45, 2.75) is 33.0 Å². The maximum Gasteiger partial charge on any atom is 0.411 e. The molecule has 0 aliphatic heterocycles. The predicted octanol–water partition coefficient (Wildman–Crippen LogP) is 3.77. The molecule has 1 aromatic carbocycles. The van der Waals surface area contributed by atoms with Crippen LogP contribution in [-0.2, 0) is 11.3 Å². The fourth-order valence-electron chi connectivity index (χ4n) is 2.44. The van der Waals surface area contributed by atoms with E-state index in [0.717, 1.165) is 22.3 Å². The van der Waals surface area contributed by atoms with Gasteiger partial charge in [0.05, 0.1) is 0 Å². The zero-order valence-corrected chi connectivity index (χ0v) is 14.9. The monoisotopic (exact) mass is 371 g/mol. The van der Waals surface area contributed by atoms with E-state index in [2.05, 4.69) is 20.4 Å². The van der Waals surface area contributed by atoms with Crippen LogP contribution in [0.2, 0.25) is 0 Å². The molecule has 5 nitrogen and oxygen atoms in total. The van der Waals surface area contributed by atoms with Crippen LogP contribution in [0.3, 0.4) is 0 Å². The Labute approximate surface area is 150 Å². The molecule has 0 atom stereocenters. The highest BCUT2D eigenvalue weighted by atomic mass is 19.4. The highest BCUT2D eigenvalue weighted by molar-refractivity contribution is 5.82. The van der Waals surface area contributed by atoms with Crippen molar-refractivity contribution in [1.29, 1.82) is 0 Å². The summed E-state index contributed by atoms with van der Waals surface area (Å²) >= 11 is 0. The van der Waals surface area contributed by atoms with Gasteiger partial charge in [-0.1, -0.05) is 18.2 Å². The molecule has 0 saturated heterocycles. The summed E-state index contributed by atoms with van der Waals surface area (Å²) in [6.45, 7) is 4.27. The van der Waals surface area contributed by atoms with Gasteiger partial charge in [0.25, 0.3) is 0 Å². The molecule has 26 heavy (non-hydrogen) atoms. The van der Waals surface area contributed by atoms with Gasteiger partial charge >= 0.3 is 6.18 Å². The van der Waals surface area contributed by atoms with Crippen LogP contribution in [0.5, 0.6) is 0 Å². The number of fused-ring (bicyclic) bond motifs is 1. The van der Waals surface area contributed by atoms with E-state index in [-0.39, 0.29) is 6.61 Å². The number of hydrogen-bond acceptors (Lipinski definition) is 3. The number of aliphatic imine (C=N–C) groups is 1. The summed E-state index contributed by atoms with van der Waals surface area (Å²) in [6.07, 6.45) is -3.83. The number of aryl methyl sites for hydroxylation is 1. The van der Waals surface area contributed by atoms with Crippen LogP contribution in [-0.4, -0.2) is 38.4 Å². The number of benzene rings is 1. The minimum absolute atomic E-state index is 0.0363. The topological polar surface area (TPSA) is 58.8 Å². The van der Waals surface area contributed by atoms with Crippen molar-refractivity contribution in [3.05, 3.63) is 35.6 Å². The van der Waals surface area contributed by atoms with E-state index in [1.165, 1.54) is 0 Å². The smallest absolute Gasteiger partial charge is 0.411 e. The summed E-state index contributed by atoms with van der Waals surface area (Å²) in [5.74, 6) is 1.38. The maximum atomic E-state index is 12.0. The molecule has 0 saturated carbocycles. The number of para-hydroxylation sites is 1. The molecule has 1 heterocycles. The minimum Gasteiger partial charge on any atom is -0.459 e. The first-order valence-corrected chi connectivity index (χ1v) is 8.54. The third-order valence-electron chi connectivity index (χ3n) is 3.69. The predicted molar refractivity (Wildman–Crippen MR) is 95.3 cm³/mol. The lowest BCUT2D eigenvalue weighted by atomic mass is 10.1. The molecule has 0 radical (unpaired) electrons. The van der Waals surface area contributed by atoms with Crippen molar-refractivity contribution >= 4 is 16.9 Å². The van der Waals surface area contributed by atoms with Crippen molar-refractivity contribution in [2.75, 3.05) is 26.3 Å². The molecule has 2 aromatic rings. The van der Waals surface area contributed by atoms with Gasteiger partial charge in [0.1, 0.15) is 24.5 Å². The molecule has 0 amide bonds. The number of alkyl halides is 3. The number of nitrogens with zero attached hydrogens (tertiary/aromatic N) is 1. The highest BCUT2D eigenvalue weighted by Crippen LogP contribution is 2.25. The number of nitrogens with one attached hydrogen (secondary N) is 2. The van der Waals surface area contributed by atoms with Crippen LogP contribution < -0.4 is 10.6 Å². The van der Waals surface area contributed by atoms with E-state index in [4.69, 9.17) is 4.42 Å². The lowest BCUT2D eigenvalue weighted by Crippen LogP contribution is -2.38. The number of guanidine groups is 1. The molecule has 0 unspecified atom stereocenters. The normalized spacial score (nSPS) is 12.6. The highest BCUT2D eigenvalue weighted by Gasteiger charge is 2.27. The Hall–Kier alpha value is -2.22. The summed E-state index contributed by atoms with van der Waals surface area (Å²) in [7, 11) is 0. The summed E-state index contributed by atoms with van der Waals surface area (Å²) < 4.78 is 46.4. The summed E-state index contributed by atoms with van der Waals surface area (Å²) in [6, 6.07) is 7.81. The number of hydrogen-bond donors (Lipinski definition) is 2. The van der Waals surface area contributed by atoms with E-state index in [1.54, 1.807) is 0 Å². The second-order valence-corrected chi connectivity index (χ2v) is 5.79. The summed E-state index contributed by atoms with van der Waals surface area (Å²) in [4.78, 5) is 4.48. The number of ether oxygens (including phenoxy) is 1. The first kappa shape index (κ1) is 20.1. The van der Waals surface area contributed by atoms with Gasteiger partial charge in [-0.3, -0.25) is 0 Å². The van der Waals surface area contributed by atoms with Gasteiger partial charge < -0.3 is 19.8 Å². The molecule has 8 heteroatoms. The van der Waals surface area contributed by atoms with Crippen LogP contribution in [0.25, 0.3) is 11.0 Å². The second-order valence-electron chi connectivity index (χ2n) is 5.79. The summed E-state index contributed by atoms with van der Waals surface area (Å²) in [5, 5.41) is 7.24. The largest absolute Gasteiger partial charge is 0.459 e. The van der Waals surface area contributed by atoms with Crippen molar-refractivity contribution in [2.24, 2.45) is 4.99 Å². The van der Waals surface area contributed by atoms with Crippen molar-refractivity contribution < 1.29 is 22.3 Å². The van der Waals surface area contributed by atoms with Gasteiger partial charge in [-0.05, 0) is 26.3 Å². The Morgan fingerprint density at radius 2 is 2.00 bits per heavy atom. The molecule has 144 valence electrons. The van der Waals surface area contributed by atoms with Gasteiger partial charge in [0.15, 0.2) is 5.96 Å². The Kier molecular flexibility index (Phi) is 7.32. The molecule has 1 aromatic heterocycles. The van der Waals surface area contributed by atoms with E-state index in [1.807, 2.05) is 38.1 Å². The molecule has 0 spiro atoms. The molecule has 2 rings (SSSR count). The molecule has 0 aliphatic carbocycles. The van der Waals surface area contributed by atoms with E-state index < -0.39 is 12.8 Å². The summed E-state index contributed by atoms with van der Waals surface area (Å²) in [5.41, 5.74) is 1.88. The molecular formula is C18H24F3N3O2. The Morgan fingerprint density at radius 3 is 2.69 bits per heavy atom. The number of halogens is 3. The molecule has 0 fully saturated rings. The first-order chi connectivity index (χ1) is 12.4. The quantitative estimate of drug-likeness (QED) is 0.421. The van der Waals surface area contributed by atoms with Crippen LogP contribution in [0.4, 0.5) is 13.2 Å². The molecule has 2 N–H and O–H groups in total. The van der Waals surface area contributed by atoms with E-state index >= 15 is 0 Å². The zero-order valence-electron chi connectivity index (χ0n) is 14.9. The van der Waals surface area contributed by atoms with Gasteiger partial charge in [0, 0.05) is 30.6 Å². The minimum atomic E-state index is -4.28. The lowest BCUT2D eigenvalue weighted by Gasteiger charge is -2.11. The third kappa shape index (κ3) is 6.25. The Balaban J connectivity index is 1.85.